The highest BCUT2D eigenvalue weighted by Gasteiger charge is 2.24. The van der Waals surface area contributed by atoms with E-state index in [1.54, 1.807) is 23.9 Å². The first-order valence-electron chi connectivity index (χ1n) is 7.04. The van der Waals surface area contributed by atoms with E-state index in [1.165, 1.54) is 12.8 Å². The van der Waals surface area contributed by atoms with Crippen molar-refractivity contribution in [1.29, 1.82) is 0 Å². The molecule has 0 aromatic rings. The van der Waals surface area contributed by atoms with Crippen molar-refractivity contribution in [3.63, 3.8) is 0 Å². The Kier molecular flexibility index (Phi) is 4.45. The highest BCUT2D eigenvalue weighted by Crippen LogP contribution is 2.18. The second-order valence-corrected chi connectivity index (χ2v) is 5.56. The van der Waals surface area contributed by atoms with E-state index < -0.39 is 0 Å². The molecule has 0 spiro atoms. The van der Waals surface area contributed by atoms with E-state index in [0.717, 1.165) is 18.4 Å². The van der Waals surface area contributed by atoms with Crippen LogP contribution in [0, 0.1) is 0 Å². The maximum atomic E-state index is 12.1. The normalized spacial score (nSPS) is 20.1. The van der Waals surface area contributed by atoms with Crippen LogP contribution in [0.25, 0.3) is 0 Å². The van der Waals surface area contributed by atoms with Crippen molar-refractivity contribution in [2.24, 2.45) is 0 Å². The molecule has 0 bridgehead atoms. The van der Waals surface area contributed by atoms with Crippen LogP contribution in [0.1, 0.15) is 32.1 Å². The van der Waals surface area contributed by atoms with Crippen LogP contribution in [0.5, 0.6) is 0 Å². The maximum Gasteiger partial charge on any atom is 0.317 e. The lowest BCUT2D eigenvalue weighted by atomic mass is 10.1. The molecule has 19 heavy (non-hydrogen) atoms. The van der Waals surface area contributed by atoms with Crippen molar-refractivity contribution >= 4 is 11.9 Å². The van der Waals surface area contributed by atoms with Crippen molar-refractivity contribution in [2.75, 3.05) is 27.2 Å². The van der Waals surface area contributed by atoms with E-state index >= 15 is 0 Å². The average molecular weight is 265 g/mol. The topological polar surface area (TPSA) is 52.7 Å². The summed E-state index contributed by atoms with van der Waals surface area (Å²) in [4.78, 5) is 27.2. The zero-order chi connectivity index (χ0) is 13.8. The Morgan fingerprint density at radius 3 is 2.53 bits per heavy atom. The van der Waals surface area contributed by atoms with Gasteiger partial charge < -0.3 is 15.1 Å². The van der Waals surface area contributed by atoms with Gasteiger partial charge in [0.2, 0.25) is 5.91 Å². The molecule has 3 amide bonds. The Morgan fingerprint density at radius 2 is 2.00 bits per heavy atom. The SMILES string of the molecule is CN(C)C(=O)C1=CCN(C(=O)NC2CCCC2)CC1. The molecule has 1 heterocycles. The molecule has 0 radical (unpaired) electrons. The number of amides is 3. The summed E-state index contributed by atoms with van der Waals surface area (Å²) in [5.41, 5.74) is 0.815. The first-order chi connectivity index (χ1) is 9.08. The van der Waals surface area contributed by atoms with Crippen LogP contribution >= 0.6 is 0 Å². The molecule has 0 aromatic carbocycles. The molecule has 1 saturated carbocycles. The minimum atomic E-state index is 0.0134. The molecule has 5 heteroatoms. The fraction of sp³-hybridized carbons (Fsp3) is 0.714. The van der Waals surface area contributed by atoms with E-state index in [2.05, 4.69) is 5.32 Å². The van der Waals surface area contributed by atoms with Crippen LogP contribution in [0.15, 0.2) is 11.6 Å². The van der Waals surface area contributed by atoms with Gasteiger partial charge in [0.15, 0.2) is 0 Å². The number of carbonyl (C=O) groups excluding carboxylic acids is 2. The lowest BCUT2D eigenvalue weighted by Crippen LogP contribution is -2.46. The number of hydrogen-bond donors (Lipinski definition) is 1. The first-order valence-corrected chi connectivity index (χ1v) is 7.04. The molecule has 2 aliphatic rings. The predicted molar refractivity (Wildman–Crippen MR) is 73.8 cm³/mol. The van der Waals surface area contributed by atoms with Crippen molar-refractivity contribution in [1.82, 2.24) is 15.1 Å². The van der Waals surface area contributed by atoms with Gasteiger partial charge in [0, 0.05) is 38.8 Å². The van der Waals surface area contributed by atoms with Crippen LogP contribution in [0.3, 0.4) is 0 Å². The third kappa shape index (κ3) is 3.49. The van der Waals surface area contributed by atoms with Crippen molar-refractivity contribution in [3.05, 3.63) is 11.6 Å². The number of rotatable bonds is 2. The van der Waals surface area contributed by atoms with Crippen molar-refractivity contribution in [2.45, 2.75) is 38.1 Å². The van der Waals surface area contributed by atoms with Crippen LogP contribution in [-0.2, 0) is 4.79 Å². The van der Waals surface area contributed by atoms with Crippen LogP contribution in [0.2, 0.25) is 0 Å². The molecular formula is C14H23N3O2. The first kappa shape index (κ1) is 13.9. The zero-order valence-corrected chi connectivity index (χ0v) is 11.8. The molecular weight excluding hydrogens is 242 g/mol. The third-order valence-corrected chi connectivity index (χ3v) is 3.86. The molecule has 0 aromatic heterocycles. The molecule has 1 aliphatic heterocycles. The number of nitrogens with one attached hydrogen (secondary N) is 1. The van der Waals surface area contributed by atoms with Gasteiger partial charge in [-0.1, -0.05) is 18.9 Å². The Hall–Kier alpha value is -1.52. The molecule has 106 valence electrons. The van der Waals surface area contributed by atoms with Gasteiger partial charge in [-0.2, -0.15) is 0 Å². The van der Waals surface area contributed by atoms with Crippen LogP contribution in [-0.4, -0.2) is 55.0 Å². The largest absolute Gasteiger partial charge is 0.345 e. The van der Waals surface area contributed by atoms with Gasteiger partial charge in [0.25, 0.3) is 0 Å². The quantitative estimate of drug-likeness (QED) is 0.819. The van der Waals surface area contributed by atoms with Gasteiger partial charge in [0.1, 0.15) is 0 Å². The molecule has 0 atom stereocenters. The lowest BCUT2D eigenvalue weighted by molar-refractivity contribution is -0.125. The Bertz CT molecular complexity index is 384. The van der Waals surface area contributed by atoms with E-state index in [1.807, 2.05) is 6.08 Å². The number of nitrogens with zero attached hydrogens (tertiary/aromatic N) is 2. The fourth-order valence-electron chi connectivity index (χ4n) is 2.67. The second kappa shape index (κ2) is 6.08. The third-order valence-electron chi connectivity index (χ3n) is 3.86. The Morgan fingerprint density at radius 1 is 1.32 bits per heavy atom. The average Bonchev–Trinajstić information content (AvgIpc) is 2.90. The van der Waals surface area contributed by atoms with E-state index in [0.29, 0.717) is 25.6 Å². The van der Waals surface area contributed by atoms with Gasteiger partial charge in [-0.15, -0.1) is 0 Å². The fourth-order valence-corrected chi connectivity index (χ4v) is 2.67. The molecule has 5 nitrogen and oxygen atoms in total. The van der Waals surface area contributed by atoms with E-state index in [-0.39, 0.29) is 11.9 Å². The molecule has 1 N–H and O–H groups in total. The molecule has 2 rings (SSSR count). The maximum absolute atomic E-state index is 12.1. The summed E-state index contributed by atoms with van der Waals surface area (Å²) in [5, 5.41) is 3.08. The van der Waals surface area contributed by atoms with Crippen molar-refractivity contribution in [3.8, 4) is 0 Å². The smallest absolute Gasteiger partial charge is 0.317 e. The summed E-state index contributed by atoms with van der Waals surface area (Å²) in [7, 11) is 3.50. The van der Waals surface area contributed by atoms with Gasteiger partial charge in [-0.3, -0.25) is 4.79 Å². The van der Waals surface area contributed by atoms with E-state index in [9.17, 15) is 9.59 Å². The predicted octanol–water partition coefficient (Wildman–Crippen LogP) is 1.36. The van der Waals surface area contributed by atoms with Gasteiger partial charge in [-0.05, 0) is 19.3 Å². The highest BCUT2D eigenvalue weighted by atomic mass is 16.2. The summed E-state index contributed by atoms with van der Waals surface area (Å²) < 4.78 is 0. The highest BCUT2D eigenvalue weighted by molar-refractivity contribution is 5.93. The summed E-state index contributed by atoms with van der Waals surface area (Å²) >= 11 is 0. The number of likely N-dealkylation sites (N-methyl/N-ethyl adjacent to an activating group) is 1. The van der Waals surface area contributed by atoms with Gasteiger partial charge in [-0.25, -0.2) is 4.79 Å². The number of urea groups is 1. The number of hydrogen-bond acceptors (Lipinski definition) is 2. The zero-order valence-electron chi connectivity index (χ0n) is 11.8. The molecule has 1 aliphatic carbocycles. The van der Waals surface area contributed by atoms with Gasteiger partial charge >= 0.3 is 6.03 Å². The lowest BCUT2D eigenvalue weighted by Gasteiger charge is -2.28. The number of carbonyl (C=O) groups is 2. The Labute approximate surface area is 114 Å². The summed E-state index contributed by atoms with van der Waals surface area (Å²) in [6, 6.07) is 0.362. The minimum absolute atomic E-state index is 0.0134. The molecule has 0 saturated heterocycles. The van der Waals surface area contributed by atoms with Crippen molar-refractivity contribution < 1.29 is 9.59 Å². The van der Waals surface area contributed by atoms with Gasteiger partial charge in [0.05, 0.1) is 0 Å². The van der Waals surface area contributed by atoms with E-state index in [4.69, 9.17) is 0 Å². The standard InChI is InChI=1S/C14H23N3O2/c1-16(2)13(18)11-7-9-17(10-8-11)14(19)15-12-5-3-4-6-12/h7,12H,3-6,8-10H2,1-2H3,(H,15,19). The second-order valence-electron chi connectivity index (χ2n) is 5.56. The minimum Gasteiger partial charge on any atom is -0.345 e. The molecule has 1 fully saturated rings. The Balaban J connectivity index is 1.84. The summed E-state index contributed by atoms with van der Waals surface area (Å²) in [6.07, 6.45) is 7.15. The monoisotopic (exact) mass is 265 g/mol. The molecule has 0 unspecified atom stereocenters. The van der Waals surface area contributed by atoms with Crippen LogP contribution < -0.4 is 5.32 Å². The summed E-state index contributed by atoms with van der Waals surface area (Å²) in [6.45, 7) is 1.16. The summed E-state index contributed by atoms with van der Waals surface area (Å²) in [5.74, 6) is 0.0517. The van der Waals surface area contributed by atoms with Crippen LogP contribution in [0.4, 0.5) is 4.79 Å².